The summed E-state index contributed by atoms with van der Waals surface area (Å²) < 4.78 is 66.1. The number of aliphatic carboxylic acids is 1. The Hall–Kier alpha value is -2.39. The topological polar surface area (TPSA) is 74.7 Å². The second kappa shape index (κ2) is 8.16. The number of sulfonamides is 1. The van der Waals surface area contributed by atoms with Crippen molar-refractivity contribution in [2.75, 3.05) is 13.1 Å². The van der Waals surface area contributed by atoms with Gasteiger partial charge in [0, 0.05) is 19.5 Å². The molecule has 1 fully saturated rings. The van der Waals surface area contributed by atoms with Crippen molar-refractivity contribution in [1.82, 2.24) is 4.31 Å². The van der Waals surface area contributed by atoms with Crippen LogP contribution in [0.3, 0.4) is 0 Å². The molecule has 1 aliphatic heterocycles. The number of nitrogens with zero attached hydrogens (tertiary/aromatic N) is 1. The van der Waals surface area contributed by atoms with Crippen LogP contribution in [0.15, 0.2) is 47.4 Å². The summed E-state index contributed by atoms with van der Waals surface area (Å²) in [6, 6.07) is 8.85. The van der Waals surface area contributed by atoms with Crippen molar-refractivity contribution in [2.24, 2.45) is 0 Å². The summed E-state index contributed by atoms with van der Waals surface area (Å²) in [4.78, 5) is 11.0. The van der Waals surface area contributed by atoms with Crippen molar-refractivity contribution in [1.29, 1.82) is 0 Å². The van der Waals surface area contributed by atoms with Crippen molar-refractivity contribution in [3.63, 3.8) is 0 Å². The molecule has 3 rings (SSSR count). The second-order valence-electron chi connectivity index (χ2n) is 6.90. The minimum Gasteiger partial charge on any atom is -0.481 e. The quantitative estimate of drug-likeness (QED) is 0.751. The zero-order valence-corrected chi connectivity index (χ0v) is 16.3. The zero-order chi connectivity index (χ0) is 21.2. The van der Waals surface area contributed by atoms with Crippen molar-refractivity contribution >= 4 is 16.0 Å². The van der Waals surface area contributed by atoms with E-state index in [2.05, 4.69) is 0 Å². The van der Waals surface area contributed by atoms with Crippen LogP contribution in [0.25, 0.3) is 11.1 Å². The van der Waals surface area contributed by atoms with E-state index in [1.807, 2.05) is 0 Å². The molecule has 1 aliphatic rings. The van der Waals surface area contributed by atoms with Crippen LogP contribution >= 0.6 is 0 Å². The predicted molar refractivity (Wildman–Crippen MR) is 101 cm³/mol. The van der Waals surface area contributed by atoms with Crippen molar-refractivity contribution in [3.8, 4) is 11.1 Å². The van der Waals surface area contributed by atoms with E-state index in [0.29, 0.717) is 24.2 Å². The van der Waals surface area contributed by atoms with Crippen LogP contribution in [-0.2, 0) is 27.4 Å². The molecule has 0 atom stereocenters. The Morgan fingerprint density at radius 2 is 1.66 bits per heavy atom. The first kappa shape index (κ1) is 21.3. The van der Waals surface area contributed by atoms with Crippen LogP contribution in [0.2, 0.25) is 0 Å². The molecule has 0 spiro atoms. The number of aryl methyl sites for hydroxylation is 1. The first-order valence-electron chi connectivity index (χ1n) is 9.11. The Bertz CT molecular complexity index is 995. The molecule has 1 N–H and O–H groups in total. The van der Waals surface area contributed by atoms with Gasteiger partial charge in [-0.05, 0) is 60.2 Å². The molecule has 0 unspecified atom stereocenters. The lowest BCUT2D eigenvalue weighted by atomic mass is 9.94. The standard InChI is InChI=1S/C20H20F3NO4S/c21-20(22,23)16-7-3-14(6-10-19(25)26)18(13-16)15-4-8-17(9-5-15)29(27,28)24-11-1-2-12-24/h3-5,7-9,13H,1-2,6,10-12H2,(H,25,26). The molecule has 2 aromatic carbocycles. The fraction of sp³-hybridized carbons (Fsp3) is 0.350. The molecule has 9 heteroatoms. The average Bonchev–Trinajstić information content (AvgIpc) is 3.21. The van der Waals surface area contributed by atoms with Crippen LogP contribution in [0.1, 0.15) is 30.4 Å². The number of benzene rings is 2. The van der Waals surface area contributed by atoms with Gasteiger partial charge in [0.25, 0.3) is 0 Å². The van der Waals surface area contributed by atoms with E-state index in [0.717, 1.165) is 25.0 Å². The summed E-state index contributed by atoms with van der Waals surface area (Å²) in [5.41, 5.74) is 0.249. The third kappa shape index (κ3) is 4.79. The fourth-order valence-electron chi connectivity index (χ4n) is 3.37. The number of hydrogen-bond acceptors (Lipinski definition) is 3. The molecular weight excluding hydrogens is 407 g/mol. The molecule has 5 nitrogen and oxygen atoms in total. The molecule has 0 bridgehead atoms. The number of halogens is 3. The molecule has 2 aromatic rings. The van der Waals surface area contributed by atoms with Gasteiger partial charge in [-0.3, -0.25) is 4.79 Å². The summed E-state index contributed by atoms with van der Waals surface area (Å²) in [7, 11) is -3.63. The van der Waals surface area contributed by atoms with E-state index in [1.54, 1.807) is 0 Å². The number of rotatable bonds is 6. The van der Waals surface area contributed by atoms with Gasteiger partial charge in [0.1, 0.15) is 0 Å². The van der Waals surface area contributed by atoms with Gasteiger partial charge in [0.2, 0.25) is 10.0 Å². The van der Waals surface area contributed by atoms with Gasteiger partial charge in [-0.15, -0.1) is 0 Å². The van der Waals surface area contributed by atoms with E-state index < -0.39 is 27.7 Å². The first-order chi connectivity index (χ1) is 13.6. The summed E-state index contributed by atoms with van der Waals surface area (Å²) >= 11 is 0. The molecule has 1 saturated heterocycles. The summed E-state index contributed by atoms with van der Waals surface area (Å²) in [5, 5.41) is 8.90. The summed E-state index contributed by atoms with van der Waals surface area (Å²) in [6.07, 6.45) is -3.10. The first-order valence-corrected chi connectivity index (χ1v) is 10.6. The van der Waals surface area contributed by atoms with Gasteiger partial charge >= 0.3 is 12.1 Å². The lowest BCUT2D eigenvalue weighted by Gasteiger charge is -2.17. The van der Waals surface area contributed by atoms with Gasteiger partial charge in [0.05, 0.1) is 10.5 Å². The Morgan fingerprint density at radius 1 is 1.03 bits per heavy atom. The lowest BCUT2D eigenvalue weighted by molar-refractivity contribution is -0.138. The van der Waals surface area contributed by atoms with Crippen LogP contribution in [0.4, 0.5) is 13.2 Å². The van der Waals surface area contributed by atoms with Crippen molar-refractivity contribution in [3.05, 3.63) is 53.6 Å². The zero-order valence-electron chi connectivity index (χ0n) is 15.4. The highest BCUT2D eigenvalue weighted by Crippen LogP contribution is 2.35. The maximum absolute atomic E-state index is 13.1. The molecule has 0 amide bonds. The Morgan fingerprint density at radius 3 is 2.21 bits per heavy atom. The smallest absolute Gasteiger partial charge is 0.416 e. The molecule has 29 heavy (non-hydrogen) atoms. The van der Waals surface area contributed by atoms with Crippen molar-refractivity contribution < 1.29 is 31.5 Å². The predicted octanol–water partition coefficient (Wildman–Crippen LogP) is 4.17. The van der Waals surface area contributed by atoms with Gasteiger partial charge < -0.3 is 5.11 Å². The largest absolute Gasteiger partial charge is 0.481 e. The molecular formula is C20H20F3NO4S. The monoisotopic (exact) mass is 427 g/mol. The van der Waals surface area contributed by atoms with Gasteiger partial charge in [0.15, 0.2) is 0 Å². The van der Waals surface area contributed by atoms with E-state index >= 15 is 0 Å². The molecule has 0 saturated carbocycles. The van der Waals surface area contributed by atoms with Crippen molar-refractivity contribution in [2.45, 2.75) is 36.8 Å². The van der Waals surface area contributed by atoms with Crippen LogP contribution in [0, 0.1) is 0 Å². The van der Waals surface area contributed by atoms with E-state index in [1.165, 1.54) is 34.6 Å². The molecule has 156 valence electrons. The highest BCUT2D eigenvalue weighted by molar-refractivity contribution is 7.89. The van der Waals surface area contributed by atoms with Crippen LogP contribution in [0.5, 0.6) is 0 Å². The average molecular weight is 427 g/mol. The van der Waals surface area contributed by atoms with Gasteiger partial charge in [-0.1, -0.05) is 18.2 Å². The van der Waals surface area contributed by atoms with Crippen LogP contribution < -0.4 is 0 Å². The van der Waals surface area contributed by atoms with Gasteiger partial charge in [-0.2, -0.15) is 17.5 Å². The van der Waals surface area contributed by atoms with Gasteiger partial charge in [-0.25, -0.2) is 8.42 Å². The lowest BCUT2D eigenvalue weighted by Crippen LogP contribution is -2.27. The molecule has 0 aromatic heterocycles. The third-order valence-corrected chi connectivity index (χ3v) is 6.83. The Kier molecular flexibility index (Phi) is 6.00. The maximum atomic E-state index is 13.1. The highest BCUT2D eigenvalue weighted by atomic mass is 32.2. The fourth-order valence-corrected chi connectivity index (χ4v) is 4.88. The number of hydrogen-bond donors (Lipinski definition) is 1. The highest BCUT2D eigenvalue weighted by Gasteiger charge is 2.31. The number of alkyl halides is 3. The van der Waals surface area contributed by atoms with E-state index in [9.17, 15) is 26.4 Å². The Balaban J connectivity index is 1.98. The Labute approximate surface area is 166 Å². The third-order valence-electron chi connectivity index (χ3n) is 4.91. The molecule has 0 radical (unpaired) electrons. The summed E-state index contributed by atoms with van der Waals surface area (Å²) in [6.45, 7) is 0.911. The number of carboxylic acids is 1. The number of carboxylic acid groups (broad SMARTS) is 1. The van der Waals surface area contributed by atoms with E-state index in [-0.39, 0.29) is 23.3 Å². The normalized spacial score (nSPS) is 15.6. The van der Waals surface area contributed by atoms with Crippen LogP contribution in [-0.4, -0.2) is 36.9 Å². The maximum Gasteiger partial charge on any atom is 0.416 e. The minimum absolute atomic E-state index is 0.0661. The minimum atomic E-state index is -4.54. The van der Waals surface area contributed by atoms with E-state index in [4.69, 9.17) is 5.11 Å². The molecule has 0 aliphatic carbocycles. The number of carbonyl (C=O) groups is 1. The second-order valence-corrected chi connectivity index (χ2v) is 8.84. The summed E-state index contributed by atoms with van der Waals surface area (Å²) in [5.74, 6) is -1.05. The SMILES string of the molecule is O=C(O)CCc1ccc(C(F)(F)F)cc1-c1ccc(S(=O)(=O)N2CCCC2)cc1. The molecule has 1 heterocycles.